The normalized spacial score (nSPS) is 17.6. The van der Waals surface area contributed by atoms with Gasteiger partial charge in [0.25, 0.3) is 0 Å². The third kappa shape index (κ3) is 4.54. The Kier molecular flexibility index (Phi) is 6.14. The zero-order chi connectivity index (χ0) is 20.9. The van der Waals surface area contributed by atoms with Crippen LogP contribution in [0.2, 0.25) is 0 Å². The molecular weight excluding hydrogens is 394 g/mol. The van der Waals surface area contributed by atoms with Gasteiger partial charge < -0.3 is 5.32 Å². The Bertz CT molecular complexity index is 1100. The molecule has 30 heavy (non-hydrogen) atoms. The highest BCUT2D eigenvalue weighted by atomic mass is 32.2. The molecule has 0 saturated carbocycles. The Morgan fingerprint density at radius 3 is 2.53 bits per heavy atom. The summed E-state index contributed by atoms with van der Waals surface area (Å²) in [5.41, 5.74) is 1.54. The van der Waals surface area contributed by atoms with Crippen molar-refractivity contribution in [1.29, 1.82) is 0 Å². The zero-order valence-electron chi connectivity index (χ0n) is 16.7. The van der Waals surface area contributed by atoms with E-state index >= 15 is 0 Å². The molecule has 6 heteroatoms. The highest BCUT2D eigenvalue weighted by molar-refractivity contribution is 8.15. The largest absolute Gasteiger partial charge is 0.326 e. The van der Waals surface area contributed by atoms with Gasteiger partial charge in [-0.15, -0.1) is 0 Å². The van der Waals surface area contributed by atoms with E-state index in [0.29, 0.717) is 11.7 Å². The van der Waals surface area contributed by atoms with Gasteiger partial charge >= 0.3 is 0 Å². The van der Waals surface area contributed by atoms with E-state index in [2.05, 4.69) is 10.3 Å². The van der Waals surface area contributed by atoms with Crippen molar-refractivity contribution < 1.29 is 9.59 Å². The number of nitrogens with zero attached hydrogens (tertiary/aromatic N) is 2. The summed E-state index contributed by atoms with van der Waals surface area (Å²) in [4.78, 5) is 31.9. The summed E-state index contributed by atoms with van der Waals surface area (Å²) in [6.07, 6.45) is 0.945. The predicted molar refractivity (Wildman–Crippen MR) is 124 cm³/mol. The number of amides is 2. The van der Waals surface area contributed by atoms with Crippen molar-refractivity contribution in [3.63, 3.8) is 0 Å². The van der Waals surface area contributed by atoms with Gasteiger partial charge in [0.15, 0.2) is 5.17 Å². The van der Waals surface area contributed by atoms with E-state index in [9.17, 15) is 9.59 Å². The molecule has 1 saturated heterocycles. The first-order valence-corrected chi connectivity index (χ1v) is 10.9. The van der Waals surface area contributed by atoms with Gasteiger partial charge in [-0.25, -0.2) is 4.99 Å². The number of benzene rings is 3. The third-order valence-electron chi connectivity index (χ3n) is 4.85. The number of hydrogen-bond acceptors (Lipinski definition) is 4. The monoisotopic (exact) mass is 417 g/mol. The molecule has 5 nitrogen and oxygen atoms in total. The van der Waals surface area contributed by atoms with E-state index in [4.69, 9.17) is 0 Å². The molecule has 0 unspecified atom stereocenters. The highest BCUT2D eigenvalue weighted by Crippen LogP contribution is 2.32. The predicted octanol–water partition coefficient (Wildman–Crippen LogP) is 5.21. The summed E-state index contributed by atoms with van der Waals surface area (Å²) in [5.74, 6) is -0.223. The Morgan fingerprint density at radius 2 is 1.77 bits per heavy atom. The van der Waals surface area contributed by atoms with Gasteiger partial charge in [0.05, 0.1) is 5.69 Å². The quantitative estimate of drug-likeness (QED) is 0.599. The van der Waals surface area contributed by atoms with Crippen LogP contribution in [0.3, 0.4) is 0 Å². The minimum Gasteiger partial charge on any atom is -0.326 e. The maximum absolute atomic E-state index is 12.9. The van der Waals surface area contributed by atoms with E-state index in [1.165, 1.54) is 11.8 Å². The summed E-state index contributed by atoms with van der Waals surface area (Å²) in [6.45, 7) is 2.62. The lowest BCUT2D eigenvalue weighted by Gasteiger charge is -2.15. The van der Waals surface area contributed by atoms with E-state index in [-0.39, 0.29) is 18.2 Å². The molecule has 1 aliphatic rings. The van der Waals surface area contributed by atoms with Gasteiger partial charge in [0, 0.05) is 18.7 Å². The van der Waals surface area contributed by atoms with E-state index in [1.807, 2.05) is 79.7 Å². The maximum atomic E-state index is 12.9. The number of aliphatic imine (C=N–C) groups is 1. The van der Waals surface area contributed by atoms with Crippen molar-refractivity contribution in [3.05, 3.63) is 72.8 Å². The minimum atomic E-state index is -0.459. The average molecular weight is 418 g/mol. The van der Waals surface area contributed by atoms with Gasteiger partial charge in [-0.3, -0.25) is 14.5 Å². The van der Waals surface area contributed by atoms with Crippen LogP contribution in [-0.4, -0.2) is 33.7 Å². The number of anilines is 1. The first-order valence-electron chi connectivity index (χ1n) is 10.0. The second-order valence-corrected chi connectivity index (χ2v) is 8.31. The Labute approximate surface area is 180 Å². The number of thioether (sulfide) groups is 1. The SMILES string of the molecule is CCCN1C(=O)[C@@H](CC(=O)Nc2ccc3ccccc3c2)SC1=Nc1ccccc1. The van der Waals surface area contributed by atoms with Crippen LogP contribution in [-0.2, 0) is 9.59 Å². The Hall–Kier alpha value is -3.12. The molecular formula is C24H23N3O2S. The number of rotatable bonds is 6. The number of amidine groups is 1. The lowest BCUT2D eigenvalue weighted by molar-refractivity contribution is -0.128. The van der Waals surface area contributed by atoms with Crippen LogP contribution >= 0.6 is 11.8 Å². The van der Waals surface area contributed by atoms with Crippen LogP contribution in [0.5, 0.6) is 0 Å². The van der Waals surface area contributed by atoms with Crippen molar-refractivity contribution >= 4 is 50.9 Å². The molecule has 3 aromatic rings. The number of carbonyl (C=O) groups excluding carboxylic acids is 2. The molecule has 1 atom stereocenters. The Balaban J connectivity index is 1.47. The van der Waals surface area contributed by atoms with E-state index < -0.39 is 5.25 Å². The number of para-hydroxylation sites is 1. The van der Waals surface area contributed by atoms with Crippen LogP contribution in [0, 0.1) is 0 Å². The summed E-state index contributed by atoms with van der Waals surface area (Å²) < 4.78 is 0. The molecule has 1 fully saturated rings. The van der Waals surface area contributed by atoms with Gasteiger partial charge in [0.1, 0.15) is 5.25 Å². The van der Waals surface area contributed by atoms with Gasteiger partial charge in [0.2, 0.25) is 11.8 Å². The number of carbonyl (C=O) groups is 2. The van der Waals surface area contributed by atoms with E-state index in [1.54, 1.807) is 4.90 Å². The molecule has 1 N–H and O–H groups in total. The van der Waals surface area contributed by atoms with Crippen LogP contribution in [0.25, 0.3) is 10.8 Å². The molecule has 2 amide bonds. The lowest BCUT2D eigenvalue weighted by Crippen LogP contribution is -2.34. The van der Waals surface area contributed by atoms with Crippen LogP contribution in [0.15, 0.2) is 77.8 Å². The van der Waals surface area contributed by atoms with Crippen LogP contribution in [0.1, 0.15) is 19.8 Å². The molecule has 0 radical (unpaired) electrons. The smallest absolute Gasteiger partial charge is 0.242 e. The van der Waals surface area contributed by atoms with Crippen molar-refractivity contribution in [2.24, 2.45) is 4.99 Å². The molecule has 0 aromatic heterocycles. The highest BCUT2D eigenvalue weighted by Gasteiger charge is 2.38. The minimum absolute atomic E-state index is 0.0507. The molecule has 0 spiro atoms. The fraction of sp³-hybridized carbons (Fsp3) is 0.208. The summed E-state index contributed by atoms with van der Waals surface area (Å²) in [5, 5.41) is 5.32. The molecule has 4 rings (SSSR count). The fourth-order valence-electron chi connectivity index (χ4n) is 3.41. The molecule has 1 aliphatic heterocycles. The third-order valence-corrected chi connectivity index (χ3v) is 6.03. The van der Waals surface area contributed by atoms with E-state index in [0.717, 1.165) is 28.6 Å². The molecule has 152 valence electrons. The lowest BCUT2D eigenvalue weighted by atomic mass is 10.1. The molecule has 0 aliphatic carbocycles. The zero-order valence-corrected chi connectivity index (χ0v) is 17.6. The summed E-state index contributed by atoms with van der Waals surface area (Å²) in [6, 6.07) is 23.4. The average Bonchev–Trinajstić information content (AvgIpc) is 3.03. The molecule has 1 heterocycles. The van der Waals surface area contributed by atoms with Crippen LogP contribution < -0.4 is 5.32 Å². The topological polar surface area (TPSA) is 61.8 Å². The second-order valence-electron chi connectivity index (χ2n) is 7.14. The molecule has 3 aromatic carbocycles. The first kappa shape index (κ1) is 20.2. The maximum Gasteiger partial charge on any atom is 0.242 e. The number of hydrogen-bond donors (Lipinski definition) is 1. The Morgan fingerprint density at radius 1 is 1.03 bits per heavy atom. The summed E-state index contributed by atoms with van der Waals surface area (Å²) in [7, 11) is 0. The van der Waals surface area contributed by atoms with Crippen molar-refractivity contribution in [2.45, 2.75) is 25.0 Å². The first-order chi connectivity index (χ1) is 14.6. The number of fused-ring (bicyclic) bond motifs is 1. The van der Waals surface area contributed by atoms with Gasteiger partial charge in [-0.2, -0.15) is 0 Å². The molecule has 0 bridgehead atoms. The van der Waals surface area contributed by atoms with Gasteiger partial charge in [-0.1, -0.05) is 67.2 Å². The van der Waals surface area contributed by atoms with Crippen molar-refractivity contribution in [1.82, 2.24) is 4.90 Å². The fourth-order valence-corrected chi connectivity index (χ4v) is 4.60. The van der Waals surface area contributed by atoms with Crippen LogP contribution in [0.4, 0.5) is 11.4 Å². The van der Waals surface area contributed by atoms with Gasteiger partial charge in [-0.05, 0) is 41.5 Å². The standard InChI is InChI=1S/C24H23N3O2S/c1-2-14-27-23(29)21(30-24(27)26-19-10-4-3-5-11-19)16-22(28)25-20-13-12-17-8-6-7-9-18(17)15-20/h3-13,15,21H,2,14,16H2,1H3,(H,25,28)/t21-/m1/s1. The van der Waals surface area contributed by atoms with Crippen molar-refractivity contribution in [3.8, 4) is 0 Å². The second kappa shape index (κ2) is 9.13. The number of nitrogens with one attached hydrogen (secondary N) is 1. The van der Waals surface area contributed by atoms with Crippen molar-refractivity contribution in [2.75, 3.05) is 11.9 Å². The summed E-state index contributed by atoms with van der Waals surface area (Å²) >= 11 is 1.37.